The van der Waals surface area contributed by atoms with Gasteiger partial charge in [0.1, 0.15) is 0 Å². The molecule has 0 heterocycles. The van der Waals surface area contributed by atoms with Crippen LogP contribution >= 0.6 is 0 Å². The van der Waals surface area contributed by atoms with E-state index in [1.807, 2.05) is 68.4 Å². The smallest absolute Gasteiger partial charge is 0.306 e. The number of nitrogens with one attached hydrogen (secondary N) is 2. The molecule has 0 unspecified atom stereocenters. The fraction of sp³-hybridized carbons (Fsp3) is 0.240. The number of amides is 2. The summed E-state index contributed by atoms with van der Waals surface area (Å²) in [6, 6.07) is 19.1. The number of carbonyl (C=O) groups excluding carboxylic acids is 3. The Labute approximate surface area is 181 Å². The van der Waals surface area contributed by atoms with Crippen molar-refractivity contribution in [1.82, 2.24) is 0 Å². The quantitative estimate of drug-likeness (QED) is 0.517. The number of hydrogen-bond acceptors (Lipinski definition) is 4. The van der Waals surface area contributed by atoms with Gasteiger partial charge in [-0.25, -0.2) is 0 Å². The summed E-state index contributed by atoms with van der Waals surface area (Å²) in [5.74, 6) is -1.07. The lowest BCUT2D eigenvalue weighted by atomic mass is 10.1. The van der Waals surface area contributed by atoms with Crippen LogP contribution in [0.25, 0.3) is 10.8 Å². The molecule has 0 radical (unpaired) electrons. The number of hydrogen-bond donors (Lipinski definition) is 2. The lowest BCUT2D eigenvalue weighted by molar-refractivity contribution is -0.147. The Hall–Kier alpha value is -3.67. The van der Waals surface area contributed by atoms with Crippen LogP contribution in [0.3, 0.4) is 0 Å². The molecule has 0 fully saturated rings. The van der Waals surface area contributed by atoms with Crippen molar-refractivity contribution in [3.8, 4) is 0 Å². The maximum absolute atomic E-state index is 12.2. The molecule has 3 aromatic carbocycles. The van der Waals surface area contributed by atoms with E-state index in [4.69, 9.17) is 4.74 Å². The molecule has 0 aliphatic carbocycles. The summed E-state index contributed by atoms with van der Waals surface area (Å²) in [6.45, 7) is 3.60. The van der Waals surface area contributed by atoms with Gasteiger partial charge in [-0.2, -0.15) is 0 Å². The third kappa shape index (κ3) is 6.40. The molecule has 0 bridgehead atoms. The Kier molecular flexibility index (Phi) is 7.38. The highest BCUT2D eigenvalue weighted by Crippen LogP contribution is 2.23. The summed E-state index contributed by atoms with van der Waals surface area (Å²) in [5, 5.41) is 7.60. The topological polar surface area (TPSA) is 84.5 Å². The molecule has 0 aromatic heterocycles. The van der Waals surface area contributed by atoms with Crippen LogP contribution in [-0.2, 0) is 19.1 Å². The molecule has 3 aromatic rings. The molecule has 0 aliphatic heterocycles. The number of aryl methyl sites for hydroxylation is 2. The summed E-state index contributed by atoms with van der Waals surface area (Å²) < 4.78 is 5.01. The van der Waals surface area contributed by atoms with Gasteiger partial charge in [0.25, 0.3) is 5.91 Å². The van der Waals surface area contributed by atoms with E-state index in [-0.39, 0.29) is 25.4 Å². The van der Waals surface area contributed by atoms with E-state index in [1.165, 1.54) is 0 Å². The molecule has 3 rings (SSSR count). The molecule has 6 heteroatoms. The van der Waals surface area contributed by atoms with Crippen molar-refractivity contribution in [2.45, 2.75) is 33.1 Å². The van der Waals surface area contributed by atoms with Crippen molar-refractivity contribution in [2.24, 2.45) is 0 Å². The van der Waals surface area contributed by atoms with Gasteiger partial charge in [0, 0.05) is 29.6 Å². The van der Waals surface area contributed by atoms with Crippen molar-refractivity contribution in [2.75, 3.05) is 17.2 Å². The second kappa shape index (κ2) is 10.4. The minimum Gasteiger partial charge on any atom is -0.456 e. The Morgan fingerprint density at radius 2 is 1.58 bits per heavy atom. The third-order valence-corrected chi connectivity index (χ3v) is 5.00. The van der Waals surface area contributed by atoms with Crippen molar-refractivity contribution in [1.29, 1.82) is 0 Å². The van der Waals surface area contributed by atoms with Crippen LogP contribution in [0.1, 0.15) is 30.4 Å². The number of fused-ring (bicyclic) bond motifs is 1. The number of benzene rings is 3. The number of anilines is 2. The monoisotopic (exact) mass is 418 g/mol. The maximum Gasteiger partial charge on any atom is 0.306 e. The van der Waals surface area contributed by atoms with Crippen LogP contribution in [0, 0.1) is 13.8 Å². The summed E-state index contributed by atoms with van der Waals surface area (Å²) in [5.41, 5.74) is 3.61. The highest BCUT2D eigenvalue weighted by atomic mass is 16.5. The first-order valence-electron chi connectivity index (χ1n) is 10.2. The summed E-state index contributed by atoms with van der Waals surface area (Å²) in [7, 11) is 0. The Morgan fingerprint density at radius 3 is 2.39 bits per heavy atom. The second-order valence-corrected chi connectivity index (χ2v) is 7.44. The molecular formula is C25H26N2O4. The summed E-state index contributed by atoms with van der Waals surface area (Å²) >= 11 is 0. The van der Waals surface area contributed by atoms with Gasteiger partial charge in [-0.15, -0.1) is 0 Å². The number of ether oxygens (including phenoxy) is 1. The van der Waals surface area contributed by atoms with Gasteiger partial charge in [0.15, 0.2) is 6.61 Å². The zero-order chi connectivity index (χ0) is 22.2. The van der Waals surface area contributed by atoms with Crippen molar-refractivity contribution in [3.63, 3.8) is 0 Å². The van der Waals surface area contributed by atoms with Crippen molar-refractivity contribution in [3.05, 3.63) is 71.8 Å². The van der Waals surface area contributed by atoms with Gasteiger partial charge in [0.2, 0.25) is 5.91 Å². The van der Waals surface area contributed by atoms with Crippen LogP contribution in [0.2, 0.25) is 0 Å². The predicted octanol–water partition coefficient (Wildman–Crippen LogP) is 4.75. The average molecular weight is 418 g/mol. The number of carbonyl (C=O) groups is 3. The number of esters is 1. The van der Waals surface area contributed by atoms with Gasteiger partial charge >= 0.3 is 5.97 Å². The highest BCUT2D eigenvalue weighted by molar-refractivity contribution is 6.02. The predicted molar refractivity (Wildman–Crippen MR) is 122 cm³/mol. The van der Waals surface area contributed by atoms with Gasteiger partial charge in [-0.05, 0) is 55.0 Å². The maximum atomic E-state index is 12.2. The van der Waals surface area contributed by atoms with E-state index in [2.05, 4.69) is 10.6 Å². The summed E-state index contributed by atoms with van der Waals surface area (Å²) in [6.07, 6.45) is 0.598. The standard InChI is InChI=1S/C25H26N2O4/c1-17-13-14-20(15-18(17)2)26-24(29)16-31-25(30)12-6-11-23(28)27-22-10-5-8-19-7-3-4-9-21(19)22/h3-5,7-10,13-15H,6,11-12,16H2,1-2H3,(H,26,29)(H,27,28). The fourth-order valence-corrected chi connectivity index (χ4v) is 3.17. The van der Waals surface area contributed by atoms with Gasteiger partial charge in [-0.1, -0.05) is 42.5 Å². The van der Waals surface area contributed by atoms with Crippen LogP contribution in [-0.4, -0.2) is 24.4 Å². The molecule has 6 nitrogen and oxygen atoms in total. The van der Waals surface area contributed by atoms with Crippen molar-refractivity contribution >= 4 is 39.9 Å². The van der Waals surface area contributed by atoms with Gasteiger partial charge in [-0.3, -0.25) is 14.4 Å². The Morgan fingerprint density at radius 1 is 0.806 bits per heavy atom. The van der Waals surface area contributed by atoms with E-state index in [0.29, 0.717) is 12.1 Å². The minimum absolute atomic E-state index is 0.0693. The average Bonchev–Trinajstić information content (AvgIpc) is 2.75. The lowest BCUT2D eigenvalue weighted by Crippen LogP contribution is -2.21. The van der Waals surface area contributed by atoms with Crippen LogP contribution < -0.4 is 10.6 Å². The Bertz CT molecular complexity index is 1100. The van der Waals surface area contributed by atoms with Gasteiger partial charge < -0.3 is 15.4 Å². The molecule has 0 spiro atoms. The van der Waals surface area contributed by atoms with Crippen LogP contribution in [0.4, 0.5) is 11.4 Å². The van der Waals surface area contributed by atoms with Crippen molar-refractivity contribution < 1.29 is 19.1 Å². The molecule has 0 atom stereocenters. The van der Waals surface area contributed by atoms with E-state index in [0.717, 1.165) is 27.6 Å². The molecule has 2 N–H and O–H groups in total. The van der Waals surface area contributed by atoms with E-state index < -0.39 is 11.9 Å². The molecule has 31 heavy (non-hydrogen) atoms. The van der Waals surface area contributed by atoms with E-state index in [9.17, 15) is 14.4 Å². The Balaban J connectivity index is 1.38. The first-order chi connectivity index (χ1) is 14.9. The molecule has 0 aliphatic rings. The molecular weight excluding hydrogens is 392 g/mol. The lowest BCUT2D eigenvalue weighted by Gasteiger charge is -2.09. The van der Waals surface area contributed by atoms with Crippen LogP contribution in [0.5, 0.6) is 0 Å². The molecule has 2 amide bonds. The zero-order valence-electron chi connectivity index (χ0n) is 17.7. The molecule has 0 saturated carbocycles. The first kappa shape index (κ1) is 22.0. The third-order valence-electron chi connectivity index (χ3n) is 5.00. The normalized spacial score (nSPS) is 10.5. The zero-order valence-corrected chi connectivity index (χ0v) is 17.7. The summed E-state index contributed by atoms with van der Waals surface area (Å²) in [4.78, 5) is 36.1. The van der Waals surface area contributed by atoms with E-state index >= 15 is 0 Å². The van der Waals surface area contributed by atoms with E-state index in [1.54, 1.807) is 6.07 Å². The number of rotatable bonds is 8. The highest BCUT2D eigenvalue weighted by Gasteiger charge is 2.11. The van der Waals surface area contributed by atoms with Crippen LogP contribution in [0.15, 0.2) is 60.7 Å². The molecule has 160 valence electrons. The minimum atomic E-state index is -0.506. The largest absolute Gasteiger partial charge is 0.456 e. The van der Waals surface area contributed by atoms with Gasteiger partial charge in [0.05, 0.1) is 0 Å². The first-order valence-corrected chi connectivity index (χ1v) is 10.2. The molecule has 0 saturated heterocycles. The fourth-order valence-electron chi connectivity index (χ4n) is 3.17. The SMILES string of the molecule is Cc1ccc(NC(=O)COC(=O)CCCC(=O)Nc2cccc3ccccc23)cc1C. The second-order valence-electron chi connectivity index (χ2n) is 7.44.